The van der Waals surface area contributed by atoms with Crippen LogP contribution in [0.2, 0.25) is 0 Å². The van der Waals surface area contributed by atoms with E-state index in [1.165, 1.54) is 24.6 Å². The molecule has 0 aromatic carbocycles. The van der Waals surface area contributed by atoms with Crippen LogP contribution in [0.5, 0.6) is 0 Å². The third-order valence-corrected chi connectivity index (χ3v) is 5.08. The number of anilines is 1. The van der Waals surface area contributed by atoms with Crippen LogP contribution in [0.25, 0.3) is 0 Å². The number of carbonyl (C=O) groups is 1. The van der Waals surface area contributed by atoms with Gasteiger partial charge < -0.3 is 11.1 Å². The highest BCUT2D eigenvalue weighted by atomic mass is 32.2. The Bertz CT molecular complexity index is 468. The van der Waals surface area contributed by atoms with E-state index in [0.717, 1.165) is 6.42 Å². The van der Waals surface area contributed by atoms with Crippen molar-refractivity contribution in [3.8, 4) is 0 Å². The van der Waals surface area contributed by atoms with Crippen LogP contribution in [0.3, 0.4) is 0 Å². The largest absolute Gasteiger partial charge is 0.381 e. The normalized spacial score (nSPS) is 26.2. The molecular formula is C14H22N4OS. The van der Waals surface area contributed by atoms with E-state index in [-0.39, 0.29) is 5.91 Å². The number of hydrogen-bond donors (Lipinski definition) is 2. The van der Waals surface area contributed by atoms with Crippen molar-refractivity contribution in [2.45, 2.75) is 44.2 Å². The van der Waals surface area contributed by atoms with Gasteiger partial charge in [-0.1, -0.05) is 38.5 Å². The van der Waals surface area contributed by atoms with Gasteiger partial charge in [-0.15, -0.1) is 0 Å². The molecule has 1 heterocycles. The summed E-state index contributed by atoms with van der Waals surface area (Å²) in [6.45, 7) is 4.49. The lowest BCUT2D eigenvalue weighted by Crippen LogP contribution is -2.44. The molecule has 0 spiro atoms. The summed E-state index contributed by atoms with van der Waals surface area (Å²) < 4.78 is 0. The molecule has 2 rings (SSSR count). The van der Waals surface area contributed by atoms with Gasteiger partial charge in [0.15, 0.2) is 5.82 Å². The summed E-state index contributed by atoms with van der Waals surface area (Å²) in [4.78, 5) is 20.1. The highest BCUT2D eigenvalue weighted by Crippen LogP contribution is 2.29. The number of aromatic nitrogens is 2. The van der Waals surface area contributed by atoms with Crippen LogP contribution in [0.1, 0.15) is 33.1 Å². The Balaban J connectivity index is 1.82. The van der Waals surface area contributed by atoms with Crippen LogP contribution in [0.15, 0.2) is 17.4 Å². The molecule has 1 aliphatic rings. The number of rotatable bonds is 4. The maximum Gasteiger partial charge on any atom is 0.230 e. The predicted molar refractivity (Wildman–Crippen MR) is 81.3 cm³/mol. The summed E-state index contributed by atoms with van der Waals surface area (Å²) in [5.74, 6) is 1.98. The molecule has 0 saturated heterocycles. The molecule has 0 bridgehead atoms. The number of hydrogen-bond acceptors (Lipinski definition) is 5. The minimum Gasteiger partial charge on any atom is -0.381 e. The van der Waals surface area contributed by atoms with Gasteiger partial charge in [-0.2, -0.15) is 0 Å². The van der Waals surface area contributed by atoms with Crippen molar-refractivity contribution < 1.29 is 4.79 Å². The number of thioether (sulfide) groups is 1. The predicted octanol–water partition coefficient (Wildman–Crippen LogP) is 2.09. The molecule has 3 unspecified atom stereocenters. The Labute approximate surface area is 124 Å². The zero-order valence-corrected chi connectivity index (χ0v) is 12.8. The Kier molecular flexibility index (Phi) is 5.23. The summed E-state index contributed by atoms with van der Waals surface area (Å²) in [6.07, 6.45) is 6.67. The Morgan fingerprint density at radius 2 is 2.15 bits per heavy atom. The Morgan fingerprint density at radius 1 is 1.40 bits per heavy atom. The number of nitrogens with one attached hydrogen (secondary N) is 1. The van der Waals surface area contributed by atoms with Gasteiger partial charge in [0, 0.05) is 18.4 Å². The van der Waals surface area contributed by atoms with E-state index < -0.39 is 0 Å². The van der Waals surface area contributed by atoms with E-state index >= 15 is 0 Å². The maximum atomic E-state index is 12.0. The van der Waals surface area contributed by atoms with Crippen LogP contribution >= 0.6 is 11.8 Å². The van der Waals surface area contributed by atoms with Gasteiger partial charge in [0.05, 0.1) is 5.75 Å². The lowest BCUT2D eigenvalue weighted by atomic mass is 9.78. The summed E-state index contributed by atoms with van der Waals surface area (Å²) in [5.41, 5.74) is 5.71. The van der Waals surface area contributed by atoms with Crippen LogP contribution < -0.4 is 11.1 Å². The molecule has 1 saturated carbocycles. The second-order valence-corrected chi connectivity index (χ2v) is 6.44. The second-order valence-electron chi connectivity index (χ2n) is 5.48. The number of nitrogen functional groups attached to an aromatic ring is 1. The van der Waals surface area contributed by atoms with E-state index in [9.17, 15) is 4.79 Å². The van der Waals surface area contributed by atoms with Crippen molar-refractivity contribution in [1.29, 1.82) is 0 Å². The first kappa shape index (κ1) is 15.1. The minimum atomic E-state index is 0.0472. The van der Waals surface area contributed by atoms with Crippen molar-refractivity contribution in [2.24, 2.45) is 11.8 Å². The molecule has 6 heteroatoms. The fourth-order valence-electron chi connectivity index (χ4n) is 2.62. The maximum absolute atomic E-state index is 12.0. The SMILES string of the molecule is CC1CCCC(NC(=O)CSc2nccnc2N)C1C. The molecule has 1 aliphatic carbocycles. The lowest BCUT2D eigenvalue weighted by molar-refractivity contribution is -0.119. The number of amides is 1. The molecular weight excluding hydrogens is 272 g/mol. The minimum absolute atomic E-state index is 0.0472. The van der Waals surface area contributed by atoms with Gasteiger partial charge in [0.1, 0.15) is 5.03 Å². The van der Waals surface area contributed by atoms with Crippen LogP contribution in [-0.4, -0.2) is 27.7 Å². The molecule has 3 atom stereocenters. The van der Waals surface area contributed by atoms with Gasteiger partial charge in [-0.25, -0.2) is 9.97 Å². The third kappa shape index (κ3) is 3.85. The highest BCUT2D eigenvalue weighted by Gasteiger charge is 2.28. The molecule has 20 heavy (non-hydrogen) atoms. The van der Waals surface area contributed by atoms with Crippen molar-refractivity contribution in [3.63, 3.8) is 0 Å². The van der Waals surface area contributed by atoms with Crippen LogP contribution in [-0.2, 0) is 4.79 Å². The molecule has 110 valence electrons. The monoisotopic (exact) mass is 294 g/mol. The molecule has 1 fully saturated rings. The zero-order chi connectivity index (χ0) is 14.5. The third-order valence-electron chi connectivity index (χ3n) is 4.08. The molecule has 5 nitrogen and oxygen atoms in total. The van der Waals surface area contributed by atoms with Crippen molar-refractivity contribution in [2.75, 3.05) is 11.5 Å². The fourth-order valence-corrected chi connectivity index (χ4v) is 3.30. The van der Waals surface area contributed by atoms with E-state index in [4.69, 9.17) is 5.73 Å². The molecule has 1 aromatic heterocycles. The smallest absolute Gasteiger partial charge is 0.230 e. The Hall–Kier alpha value is -1.30. The van der Waals surface area contributed by atoms with Gasteiger partial charge >= 0.3 is 0 Å². The molecule has 0 radical (unpaired) electrons. The summed E-state index contributed by atoms with van der Waals surface area (Å²) in [5, 5.41) is 3.76. The summed E-state index contributed by atoms with van der Waals surface area (Å²) in [6, 6.07) is 0.297. The Morgan fingerprint density at radius 3 is 2.90 bits per heavy atom. The van der Waals surface area contributed by atoms with E-state index in [1.807, 2.05) is 0 Å². The van der Waals surface area contributed by atoms with Gasteiger partial charge in [-0.3, -0.25) is 4.79 Å². The van der Waals surface area contributed by atoms with Gasteiger partial charge in [-0.05, 0) is 18.3 Å². The molecule has 1 aromatic rings. The molecule has 3 N–H and O–H groups in total. The fraction of sp³-hybridized carbons (Fsp3) is 0.643. The van der Waals surface area contributed by atoms with Crippen molar-refractivity contribution in [1.82, 2.24) is 15.3 Å². The van der Waals surface area contributed by atoms with Gasteiger partial charge in [0.25, 0.3) is 0 Å². The van der Waals surface area contributed by atoms with Gasteiger partial charge in [0.2, 0.25) is 5.91 Å². The van der Waals surface area contributed by atoms with Crippen LogP contribution in [0, 0.1) is 11.8 Å². The first-order valence-corrected chi connectivity index (χ1v) is 8.05. The van der Waals surface area contributed by atoms with Crippen molar-refractivity contribution in [3.05, 3.63) is 12.4 Å². The summed E-state index contributed by atoms with van der Waals surface area (Å²) in [7, 11) is 0. The van der Waals surface area contributed by atoms with E-state index in [2.05, 4.69) is 29.1 Å². The molecule has 0 aliphatic heterocycles. The first-order chi connectivity index (χ1) is 9.58. The average Bonchev–Trinajstić information content (AvgIpc) is 2.43. The van der Waals surface area contributed by atoms with E-state index in [0.29, 0.717) is 34.5 Å². The number of carbonyl (C=O) groups excluding carboxylic acids is 1. The molecule has 1 amide bonds. The standard InChI is InChI=1S/C14H22N4OS/c1-9-4-3-5-11(10(9)2)18-12(19)8-20-14-13(15)16-6-7-17-14/h6-7,9-11H,3-5,8H2,1-2H3,(H2,15,16)(H,18,19). The van der Waals surface area contributed by atoms with Crippen LogP contribution in [0.4, 0.5) is 5.82 Å². The lowest BCUT2D eigenvalue weighted by Gasteiger charge is -2.34. The summed E-state index contributed by atoms with van der Waals surface area (Å²) >= 11 is 1.34. The average molecular weight is 294 g/mol. The second kappa shape index (κ2) is 6.92. The zero-order valence-electron chi connectivity index (χ0n) is 12.0. The van der Waals surface area contributed by atoms with Crippen molar-refractivity contribution >= 4 is 23.5 Å². The first-order valence-electron chi connectivity index (χ1n) is 7.06. The quantitative estimate of drug-likeness (QED) is 0.831. The topological polar surface area (TPSA) is 80.9 Å². The highest BCUT2D eigenvalue weighted by molar-refractivity contribution is 8.00. The number of nitrogens with zero attached hydrogens (tertiary/aromatic N) is 2. The number of nitrogens with two attached hydrogens (primary N) is 1. The van der Waals surface area contributed by atoms with E-state index in [1.54, 1.807) is 12.4 Å².